The van der Waals surface area contributed by atoms with E-state index in [4.69, 9.17) is 0 Å². The summed E-state index contributed by atoms with van der Waals surface area (Å²) < 4.78 is 0. The average Bonchev–Trinajstić information content (AvgIpc) is 2.46. The monoisotopic (exact) mass is 274 g/mol. The van der Waals surface area contributed by atoms with Crippen LogP contribution in [0, 0.1) is 5.92 Å². The minimum absolute atomic E-state index is 0.628. The highest BCUT2D eigenvalue weighted by atomic mass is 15.2. The van der Waals surface area contributed by atoms with Gasteiger partial charge in [-0.15, -0.1) is 0 Å². The second kappa shape index (κ2) is 7.12. The quantitative estimate of drug-likeness (QED) is 0.877. The Morgan fingerprint density at radius 3 is 2.65 bits per heavy atom. The van der Waals surface area contributed by atoms with E-state index in [9.17, 15) is 0 Å². The highest BCUT2D eigenvalue weighted by Crippen LogP contribution is 2.27. The molecule has 2 unspecified atom stereocenters. The van der Waals surface area contributed by atoms with Crippen molar-refractivity contribution < 1.29 is 0 Å². The molecule has 2 atom stereocenters. The molecule has 1 fully saturated rings. The zero-order chi connectivity index (χ0) is 14.5. The summed E-state index contributed by atoms with van der Waals surface area (Å²) in [6.45, 7) is 11.5. The minimum Gasteiger partial charge on any atom is -0.365 e. The molecule has 1 aliphatic rings. The molecular formula is C18H30N2. The predicted molar refractivity (Wildman–Crippen MR) is 88.5 cm³/mol. The molecule has 1 heterocycles. The van der Waals surface area contributed by atoms with Gasteiger partial charge in [0, 0.05) is 30.9 Å². The van der Waals surface area contributed by atoms with Crippen LogP contribution in [0.1, 0.15) is 46.1 Å². The molecule has 1 aliphatic heterocycles. The molecule has 1 aromatic rings. The molecule has 2 nitrogen and oxygen atoms in total. The smallest absolute Gasteiger partial charge is 0.0412 e. The largest absolute Gasteiger partial charge is 0.365 e. The third-order valence-electron chi connectivity index (χ3n) is 4.41. The number of hydrogen-bond acceptors (Lipinski definition) is 2. The van der Waals surface area contributed by atoms with E-state index in [0.29, 0.717) is 12.1 Å². The standard InChI is InChI=1S/C18H30N2/c1-5-15-9-7-8-10-18(15)20-13-16(11-14(3)4)19-12-17(20)6-2/h7-10,14,16-17,19H,5-6,11-13H2,1-4H3. The zero-order valence-electron chi connectivity index (χ0n) is 13.5. The number of nitrogens with zero attached hydrogens (tertiary/aromatic N) is 1. The third-order valence-corrected chi connectivity index (χ3v) is 4.41. The maximum Gasteiger partial charge on any atom is 0.0412 e. The topological polar surface area (TPSA) is 15.3 Å². The lowest BCUT2D eigenvalue weighted by Gasteiger charge is -2.43. The summed E-state index contributed by atoms with van der Waals surface area (Å²) in [5.41, 5.74) is 2.94. The molecule has 0 amide bonds. The van der Waals surface area contributed by atoms with Gasteiger partial charge in [-0.25, -0.2) is 0 Å². The van der Waals surface area contributed by atoms with E-state index in [2.05, 4.69) is 62.2 Å². The number of hydrogen-bond donors (Lipinski definition) is 1. The molecule has 1 N–H and O–H groups in total. The van der Waals surface area contributed by atoms with Crippen molar-refractivity contribution in [3.05, 3.63) is 29.8 Å². The van der Waals surface area contributed by atoms with Crippen molar-refractivity contribution in [3.63, 3.8) is 0 Å². The van der Waals surface area contributed by atoms with Crippen LogP contribution < -0.4 is 10.2 Å². The van der Waals surface area contributed by atoms with Crippen LogP contribution in [0.15, 0.2) is 24.3 Å². The molecule has 112 valence electrons. The van der Waals surface area contributed by atoms with E-state index in [-0.39, 0.29) is 0 Å². The molecule has 0 saturated carbocycles. The Balaban J connectivity index is 2.20. The lowest BCUT2D eigenvalue weighted by molar-refractivity contribution is 0.343. The summed E-state index contributed by atoms with van der Waals surface area (Å²) in [7, 11) is 0. The SMILES string of the molecule is CCc1ccccc1N1CC(CC(C)C)NCC1CC. The van der Waals surface area contributed by atoms with Gasteiger partial charge in [-0.1, -0.05) is 45.9 Å². The normalized spacial score (nSPS) is 23.4. The molecule has 1 saturated heterocycles. The predicted octanol–water partition coefficient (Wildman–Crippen LogP) is 3.85. The van der Waals surface area contributed by atoms with Gasteiger partial charge in [0.2, 0.25) is 0 Å². The van der Waals surface area contributed by atoms with Crippen molar-refractivity contribution in [2.45, 2.75) is 59.0 Å². The number of para-hydroxylation sites is 1. The molecule has 20 heavy (non-hydrogen) atoms. The Morgan fingerprint density at radius 1 is 1.25 bits per heavy atom. The van der Waals surface area contributed by atoms with E-state index >= 15 is 0 Å². The first-order valence-electron chi connectivity index (χ1n) is 8.23. The number of piperazine rings is 1. The van der Waals surface area contributed by atoms with Crippen LogP contribution in [-0.2, 0) is 6.42 Å². The second-order valence-electron chi connectivity index (χ2n) is 6.43. The first-order chi connectivity index (χ1) is 9.65. The van der Waals surface area contributed by atoms with E-state index in [1.807, 2.05) is 0 Å². The number of benzene rings is 1. The van der Waals surface area contributed by atoms with Crippen LogP contribution in [0.2, 0.25) is 0 Å². The third kappa shape index (κ3) is 3.54. The highest BCUT2D eigenvalue weighted by Gasteiger charge is 2.28. The second-order valence-corrected chi connectivity index (χ2v) is 6.43. The Kier molecular flexibility index (Phi) is 5.47. The fourth-order valence-corrected chi connectivity index (χ4v) is 3.34. The van der Waals surface area contributed by atoms with Crippen LogP contribution in [0.5, 0.6) is 0 Å². The molecule has 0 spiro atoms. The van der Waals surface area contributed by atoms with Gasteiger partial charge < -0.3 is 10.2 Å². The Bertz CT molecular complexity index is 414. The first-order valence-corrected chi connectivity index (χ1v) is 8.23. The molecular weight excluding hydrogens is 244 g/mol. The maximum absolute atomic E-state index is 3.75. The van der Waals surface area contributed by atoms with Crippen LogP contribution >= 0.6 is 0 Å². The van der Waals surface area contributed by atoms with Gasteiger partial charge >= 0.3 is 0 Å². The summed E-state index contributed by atoms with van der Waals surface area (Å²) in [5, 5.41) is 3.75. The van der Waals surface area contributed by atoms with Crippen LogP contribution in [0.25, 0.3) is 0 Å². The number of aryl methyl sites for hydroxylation is 1. The van der Waals surface area contributed by atoms with E-state index in [1.54, 1.807) is 0 Å². The van der Waals surface area contributed by atoms with Gasteiger partial charge in [0.15, 0.2) is 0 Å². The van der Waals surface area contributed by atoms with Crippen molar-refractivity contribution >= 4 is 5.69 Å². The first kappa shape index (κ1) is 15.4. The molecule has 2 rings (SSSR count). The van der Waals surface area contributed by atoms with Crippen molar-refractivity contribution in [3.8, 4) is 0 Å². The number of anilines is 1. The van der Waals surface area contributed by atoms with E-state index < -0.39 is 0 Å². The molecule has 1 aromatic carbocycles. The summed E-state index contributed by atoms with van der Waals surface area (Å²) in [6, 6.07) is 10.2. The molecule has 0 radical (unpaired) electrons. The maximum atomic E-state index is 3.75. The summed E-state index contributed by atoms with van der Waals surface area (Å²) in [4.78, 5) is 2.66. The van der Waals surface area contributed by atoms with E-state index in [0.717, 1.165) is 25.4 Å². The fraction of sp³-hybridized carbons (Fsp3) is 0.667. The van der Waals surface area contributed by atoms with Crippen LogP contribution in [-0.4, -0.2) is 25.2 Å². The van der Waals surface area contributed by atoms with Gasteiger partial charge in [-0.3, -0.25) is 0 Å². The van der Waals surface area contributed by atoms with Crippen molar-refractivity contribution in [1.82, 2.24) is 5.32 Å². The van der Waals surface area contributed by atoms with Crippen LogP contribution in [0.3, 0.4) is 0 Å². The molecule has 2 heteroatoms. The van der Waals surface area contributed by atoms with Crippen molar-refractivity contribution in [1.29, 1.82) is 0 Å². The summed E-state index contributed by atoms with van der Waals surface area (Å²) >= 11 is 0. The fourth-order valence-electron chi connectivity index (χ4n) is 3.34. The van der Waals surface area contributed by atoms with Gasteiger partial charge in [0.05, 0.1) is 0 Å². The Hall–Kier alpha value is -1.02. The zero-order valence-corrected chi connectivity index (χ0v) is 13.5. The lowest BCUT2D eigenvalue weighted by Crippen LogP contribution is -2.57. The van der Waals surface area contributed by atoms with Crippen molar-refractivity contribution in [2.75, 3.05) is 18.0 Å². The Morgan fingerprint density at radius 2 is 2.00 bits per heavy atom. The van der Waals surface area contributed by atoms with Gasteiger partial charge in [0.1, 0.15) is 0 Å². The summed E-state index contributed by atoms with van der Waals surface area (Å²) in [5.74, 6) is 0.758. The minimum atomic E-state index is 0.628. The van der Waals surface area contributed by atoms with Crippen LogP contribution in [0.4, 0.5) is 5.69 Å². The molecule has 0 bridgehead atoms. The summed E-state index contributed by atoms with van der Waals surface area (Å²) in [6.07, 6.45) is 3.59. The molecule has 0 aromatic heterocycles. The lowest BCUT2D eigenvalue weighted by atomic mass is 9.97. The van der Waals surface area contributed by atoms with Gasteiger partial charge in [0.25, 0.3) is 0 Å². The average molecular weight is 274 g/mol. The number of nitrogens with one attached hydrogen (secondary N) is 1. The van der Waals surface area contributed by atoms with Gasteiger partial charge in [-0.05, 0) is 36.8 Å². The molecule has 0 aliphatic carbocycles. The van der Waals surface area contributed by atoms with E-state index in [1.165, 1.54) is 24.1 Å². The number of rotatable bonds is 5. The Labute approximate surface area is 124 Å². The highest BCUT2D eigenvalue weighted by molar-refractivity contribution is 5.55. The van der Waals surface area contributed by atoms with Crippen molar-refractivity contribution in [2.24, 2.45) is 5.92 Å². The van der Waals surface area contributed by atoms with Gasteiger partial charge in [-0.2, -0.15) is 0 Å².